The Morgan fingerprint density at radius 2 is 1.23 bits per heavy atom. The van der Waals surface area contributed by atoms with Gasteiger partial charge in [-0.05, 0) is 61.6 Å². The van der Waals surface area contributed by atoms with Crippen LogP contribution < -0.4 is 43.0 Å². The number of rotatable bonds is 17. The molecule has 0 aliphatic heterocycles. The molecule has 13 N–H and O–H groups in total. The second-order valence-corrected chi connectivity index (χ2v) is 11.8. The molecule has 2 unspecified atom stereocenters. The Morgan fingerprint density at radius 1 is 0.830 bits per heavy atom. The van der Waals surface area contributed by atoms with Crippen LogP contribution in [-0.2, 0) is 28.3 Å². The predicted molar refractivity (Wildman–Crippen MR) is 193 cm³/mol. The Morgan fingerprint density at radius 3 is 1.45 bits per heavy atom. The zero-order valence-corrected chi connectivity index (χ0v) is 36.8. The Labute approximate surface area is 329 Å². The maximum Gasteiger partial charge on any atom is 2.00 e. The number of carboxylic acid groups (broad SMARTS) is 1. The predicted octanol–water partition coefficient (Wildman–Crippen LogP) is -2.56. The molecule has 0 aromatic carbocycles. The zero-order chi connectivity index (χ0) is 36.8. The van der Waals surface area contributed by atoms with Gasteiger partial charge >= 0.3 is 62.7 Å². The Hall–Kier alpha value is -0.239. The number of thioether (sulfide) groups is 2. The molecule has 0 heterocycles. The first-order valence-electron chi connectivity index (χ1n) is 13.4. The van der Waals surface area contributed by atoms with Gasteiger partial charge in [-0.25, -0.2) is 4.57 Å². The number of amides is 2. The summed E-state index contributed by atoms with van der Waals surface area (Å²) in [4.78, 5) is 60.2. The topological polar surface area (TPSA) is 296 Å². The minimum absolute atomic E-state index is 0. The molecule has 0 fully saturated rings. The molecule has 47 heavy (non-hydrogen) atoms. The Balaban J connectivity index is -0.0000000894. The number of phosphoric ester groups is 1. The molecular formula is C25H60BaN8O10PS2+. The molecule has 0 aliphatic rings. The molecule has 22 heteroatoms. The molecule has 0 spiro atoms. The number of hydrogen-bond acceptors (Lipinski definition) is 15. The second kappa shape index (κ2) is 38.6. The number of carbonyl (C=O) groups excluding carboxylic acids is 3. The number of nitrogens with two attached hydrogens (primary N) is 1. The number of nitrogens with one attached hydrogen (secondary N) is 7. The van der Waals surface area contributed by atoms with Crippen molar-refractivity contribution in [3.63, 3.8) is 0 Å². The van der Waals surface area contributed by atoms with E-state index in [2.05, 4.69) is 54.1 Å². The van der Waals surface area contributed by atoms with Crippen molar-refractivity contribution in [3.8, 4) is 0 Å². The van der Waals surface area contributed by atoms with Crippen LogP contribution in [0.5, 0.6) is 0 Å². The van der Waals surface area contributed by atoms with E-state index in [9.17, 15) is 23.7 Å². The van der Waals surface area contributed by atoms with Gasteiger partial charge in [0.1, 0.15) is 12.1 Å². The third-order valence-corrected chi connectivity index (χ3v) is 7.16. The zero-order valence-electron chi connectivity index (χ0n) is 29.8. The minimum atomic E-state index is -4.50. The number of aliphatic carboxylic acids is 1. The van der Waals surface area contributed by atoms with Gasteiger partial charge in [-0.3, -0.25) is 23.7 Å². The van der Waals surface area contributed by atoms with Crippen molar-refractivity contribution in [3.05, 3.63) is 12.3 Å². The van der Waals surface area contributed by atoms with E-state index in [0.29, 0.717) is 11.4 Å². The van der Waals surface area contributed by atoms with Gasteiger partial charge in [0.15, 0.2) is 5.78 Å². The van der Waals surface area contributed by atoms with Crippen LogP contribution in [0.25, 0.3) is 0 Å². The van der Waals surface area contributed by atoms with Gasteiger partial charge in [0.25, 0.3) is 5.91 Å². The van der Waals surface area contributed by atoms with Gasteiger partial charge in [-0.1, -0.05) is 6.58 Å². The monoisotopic (exact) mass is 865 g/mol. The maximum atomic E-state index is 11.9. The summed E-state index contributed by atoms with van der Waals surface area (Å²) in [7, 11) is 8.40. The van der Waals surface area contributed by atoms with E-state index >= 15 is 0 Å². The van der Waals surface area contributed by atoms with E-state index in [1.165, 1.54) is 32.9 Å². The molecule has 0 aromatic rings. The smallest absolute Gasteiger partial charge is 0.870 e. The van der Waals surface area contributed by atoms with Crippen molar-refractivity contribution < 1.29 is 48.6 Å². The van der Waals surface area contributed by atoms with E-state index in [1.54, 1.807) is 32.9 Å². The average Bonchev–Trinajstić information content (AvgIpc) is 3.02. The quantitative estimate of drug-likeness (QED) is 0.0407. The van der Waals surface area contributed by atoms with Crippen LogP contribution in [0, 0.1) is 0 Å². The average molecular weight is 865 g/mol. The summed E-state index contributed by atoms with van der Waals surface area (Å²) in [5.41, 5.74) is 4.44. The standard InChI is InChI=1S/C9H20N2OS.C5H13N2O5P.C5H10N2O.C5H11NO2S.CH5N.Ba.H2O/c1-9(2,11-4)8(12)7(10-3)6-13-5;1-6-4(5(8)7-2)3-12-13(9,10)11;1-4(6-2)5(8)7-3;1-6-4(3-9-2)5(7)8;1-2;;/h7,10-11H,6H2,1-5H3;4,6H,3H2,1-2H3,(H,7,8)(H2,9,10,11);6H,1H2,2-3H3,(H,7,8);4,6H,3H2,1-2H3,(H,7,8);2H2,1H3;;1H2/q;;;;;+2;/p-1/t;4-;;;;;/m.0...../s1. The molecule has 0 aliphatic carbocycles. The van der Waals surface area contributed by atoms with Crippen LogP contribution in [0.15, 0.2) is 12.3 Å². The fraction of sp³-hybridized carbons (Fsp3) is 0.760. The fourth-order valence-electron chi connectivity index (χ4n) is 2.36. The summed E-state index contributed by atoms with van der Waals surface area (Å²) in [6.07, 6.45) is 3.89. The molecule has 2 amide bonds. The van der Waals surface area contributed by atoms with Gasteiger partial charge in [0.2, 0.25) is 5.91 Å². The van der Waals surface area contributed by atoms with Crippen LogP contribution in [0.1, 0.15) is 13.8 Å². The maximum absolute atomic E-state index is 11.9. The number of hydrogen-bond donors (Lipinski definition) is 11. The molecule has 0 bridgehead atoms. The van der Waals surface area contributed by atoms with Crippen LogP contribution in [0.4, 0.5) is 0 Å². The molecule has 0 rings (SSSR count). The van der Waals surface area contributed by atoms with Gasteiger partial charge in [-0.2, -0.15) is 23.5 Å². The summed E-state index contributed by atoms with van der Waals surface area (Å²) in [5, 5.41) is 27.0. The molecule has 278 valence electrons. The number of likely N-dealkylation sites (N-methyl/N-ethyl adjacent to an activating group) is 7. The Kier molecular flexibility index (Phi) is 50.8. The second-order valence-electron chi connectivity index (χ2n) is 8.72. The first kappa shape index (κ1) is 61.9. The summed E-state index contributed by atoms with van der Waals surface area (Å²) in [6, 6.07) is -1.23. The van der Waals surface area contributed by atoms with Gasteiger partial charge in [-0.15, -0.1) is 0 Å². The summed E-state index contributed by atoms with van der Waals surface area (Å²) < 4.78 is 14.4. The molecule has 0 radical (unpaired) electrons. The summed E-state index contributed by atoms with van der Waals surface area (Å²) >= 11 is 3.20. The first-order chi connectivity index (χ1) is 20.8. The van der Waals surface area contributed by atoms with Crippen molar-refractivity contribution in [1.29, 1.82) is 0 Å². The number of carbonyl (C=O) groups is 4. The number of ketones is 1. The third-order valence-electron chi connectivity index (χ3n) is 5.34. The van der Waals surface area contributed by atoms with Crippen molar-refractivity contribution >= 4 is 104 Å². The minimum Gasteiger partial charge on any atom is -0.870 e. The number of carboxylic acids is 1. The van der Waals surface area contributed by atoms with Gasteiger partial charge in [0.05, 0.1) is 23.9 Å². The molecule has 0 aromatic heterocycles. The van der Waals surface area contributed by atoms with Gasteiger partial charge in [0, 0.05) is 32.6 Å². The van der Waals surface area contributed by atoms with Crippen LogP contribution in [-0.4, -0.2) is 203 Å². The fourth-order valence-corrected chi connectivity index (χ4v) is 4.00. The van der Waals surface area contributed by atoms with Crippen molar-refractivity contribution in [2.24, 2.45) is 5.73 Å². The molecule has 0 saturated carbocycles. The molecule has 18 nitrogen and oxygen atoms in total. The molecular weight excluding hydrogens is 805 g/mol. The Bertz CT molecular complexity index is 864. The van der Waals surface area contributed by atoms with E-state index in [-0.39, 0.29) is 78.7 Å². The molecule has 3 atom stereocenters. The number of Topliss-reactive ketones (excluding diaryl/α,β-unsaturated/α-hetero) is 1. The van der Waals surface area contributed by atoms with E-state index in [1.807, 2.05) is 40.5 Å². The normalized spacial score (nSPS) is 11.7. The van der Waals surface area contributed by atoms with Crippen LogP contribution in [0.3, 0.4) is 0 Å². The number of phosphoric acid groups is 1. The largest absolute Gasteiger partial charge is 2.00 e. The third kappa shape index (κ3) is 36.9. The van der Waals surface area contributed by atoms with E-state index < -0.39 is 37.3 Å². The van der Waals surface area contributed by atoms with Gasteiger partial charge < -0.3 is 63.3 Å². The van der Waals surface area contributed by atoms with Crippen LogP contribution in [0.2, 0.25) is 0 Å². The van der Waals surface area contributed by atoms with Crippen molar-refractivity contribution in [2.45, 2.75) is 37.5 Å². The van der Waals surface area contributed by atoms with Crippen LogP contribution >= 0.6 is 31.3 Å². The van der Waals surface area contributed by atoms with Crippen molar-refractivity contribution in [2.75, 3.05) is 87.0 Å². The van der Waals surface area contributed by atoms with Crippen molar-refractivity contribution in [1.82, 2.24) is 37.2 Å². The van der Waals surface area contributed by atoms with E-state index in [0.717, 1.165) is 5.75 Å². The molecule has 0 saturated heterocycles. The summed E-state index contributed by atoms with van der Waals surface area (Å²) in [5.74, 6) is 0.300. The SMILES string of the molecule is C=C(NC)C(=O)NC.CN.CNC(=O)[C@H](COP(=O)(O)O)NC.CNC(CSC)C(=O)C(C)(C)NC.CNC(CSC)C(=O)O.[Ba+2].[OH-]. The summed E-state index contributed by atoms with van der Waals surface area (Å²) in [6.45, 7) is 6.85. The van der Waals surface area contributed by atoms with E-state index in [4.69, 9.17) is 14.9 Å². The first-order valence-corrected chi connectivity index (χ1v) is 17.7.